The summed E-state index contributed by atoms with van der Waals surface area (Å²) in [6.45, 7) is 0. The zero-order chi connectivity index (χ0) is 13.8. The van der Waals surface area contributed by atoms with E-state index < -0.39 is 0 Å². The molecule has 0 amide bonds. The Morgan fingerprint density at radius 2 is 1.84 bits per heavy atom. The molecule has 1 aromatic heterocycles. The van der Waals surface area contributed by atoms with Crippen molar-refractivity contribution in [2.24, 2.45) is 0 Å². The number of thioether (sulfide) groups is 1. The van der Waals surface area contributed by atoms with E-state index in [1.165, 1.54) is 11.8 Å². The van der Waals surface area contributed by atoms with Crippen LogP contribution < -0.4 is 16.0 Å². The highest BCUT2D eigenvalue weighted by Gasteiger charge is 2.02. The van der Waals surface area contributed by atoms with Crippen molar-refractivity contribution in [3.63, 3.8) is 0 Å². The van der Waals surface area contributed by atoms with E-state index in [0.717, 1.165) is 11.4 Å². The number of nitrogens with zero attached hydrogens (tertiary/aromatic N) is 3. The number of hydrogen-bond donors (Lipinski definition) is 2. The van der Waals surface area contributed by atoms with Crippen molar-refractivity contribution in [2.75, 3.05) is 36.3 Å². The molecule has 0 aliphatic carbocycles. The molecule has 5 nitrogen and oxygen atoms in total. The third kappa shape index (κ3) is 3.51. The Kier molecular flexibility index (Phi) is 4.11. The molecule has 0 aliphatic rings. The van der Waals surface area contributed by atoms with Gasteiger partial charge in [0.05, 0.1) is 0 Å². The van der Waals surface area contributed by atoms with Crippen molar-refractivity contribution in [1.82, 2.24) is 9.97 Å². The molecular weight excluding hydrogens is 258 g/mol. The van der Waals surface area contributed by atoms with Gasteiger partial charge in [-0.15, -0.1) is 0 Å². The van der Waals surface area contributed by atoms with Gasteiger partial charge in [0.2, 0.25) is 0 Å². The number of nitrogen functional groups attached to an aromatic ring is 1. The number of anilines is 4. The Hall–Kier alpha value is -1.95. The summed E-state index contributed by atoms with van der Waals surface area (Å²) in [6, 6.07) is 9.82. The van der Waals surface area contributed by atoms with Gasteiger partial charge in [-0.2, -0.15) is 0 Å². The van der Waals surface area contributed by atoms with Crippen molar-refractivity contribution >= 4 is 34.8 Å². The fourth-order valence-electron chi connectivity index (χ4n) is 1.59. The minimum atomic E-state index is 0.465. The molecule has 1 aromatic carbocycles. The summed E-state index contributed by atoms with van der Waals surface area (Å²) in [5, 5.41) is 3.88. The molecular formula is C13H17N5S. The molecule has 19 heavy (non-hydrogen) atoms. The molecule has 2 rings (SSSR count). The van der Waals surface area contributed by atoms with E-state index in [9.17, 15) is 0 Å². The molecule has 3 N–H and O–H groups in total. The minimum Gasteiger partial charge on any atom is -0.383 e. The van der Waals surface area contributed by atoms with Gasteiger partial charge < -0.3 is 16.0 Å². The summed E-state index contributed by atoms with van der Waals surface area (Å²) >= 11 is 1.47. The first-order chi connectivity index (χ1) is 9.08. The topological polar surface area (TPSA) is 67.1 Å². The SMILES string of the molecule is CSc1nc(N)cc(Nc2ccc(N(C)C)cc2)n1. The average Bonchev–Trinajstić information content (AvgIpc) is 2.38. The second-order valence-electron chi connectivity index (χ2n) is 4.23. The van der Waals surface area contributed by atoms with E-state index in [4.69, 9.17) is 5.73 Å². The van der Waals surface area contributed by atoms with Gasteiger partial charge in [-0.3, -0.25) is 0 Å². The Morgan fingerprint density at radius 1 is 1.16 bits per heavy atom. The van der Waals surface area contributed by atoms with Gasteiger partial charge in [-0.05, 0) is 30.5 Å². The van der Waals surface area contributed by atoms with Gasteiger partial charge in [-0.1, -0.05) is 11.8 Å². The van der Waals surface area contributed by atoms with Crippen LogP contribution in [0.3, 0.4) is 0 Å². The fourth-order valence-corrected chi connectivity index (χ4v) is 1.98. The van der Waals surface area contributed by atoms with Crippen LogP contribution in [0.5, 0.6) is 0 Å². The summed E-state index contributed by atoms with van der Waals surface area (Å²) in [7, 11) is 4.02. The summed E-state index contributed by atoms with van der Waals surface area (Å²) in [5.74, 6) is 1.17. The second kappa shape index (κ2) is 5.79. The number of rotatable bonds is 4. The molecule has 100 valence electrons. The first-order valence-corrected chi connectivity index (χ1v) is 7.04. The number of nitrogens with two attached hydrogens (primary N) is 1. The third-order valence-corrected chi connectivity index (χ3v) is 3.11. The normalized spacial score (nSPS) is 10.3. The molecule has 0 saturated carbocycles. The standard InChI is InChI=1S/C13H17N5S/c1-18(2)10-6-4-9(5-7-10)15-12-8-11(14)16-13(17-12)19-3/h4-8H,1-3H3,(H3,14,15,16,17). The number of aromatic nitrogens is 2. The Bertz CT molecular complexity index is 553. The lowest BCUT2D eigenvalue weighted by molar-refractivity contribution is 0.984. The van der Waals surface area contributed by atoms with Crippen molar-refractivity contribution in [3.8, 4) is 0 Å². The van der Waals surface area contributed by atoms with Crippen LogP contribution in [0.15, 0.2) is 35.5 Å². The molecule has 0 fully saturated rings. The van der Waals surface area contributed by atoms with Crippen LogP contribution in [0.25, 0.3) is 0 Å². The maximum atomic E-state index is 5.74. The van der Waals surface area contributed by atoms with Crippen LogP contribution >= 0.6 is 11.8 Å². The molecule has 0 bridgehead atoms. The molecule has 6 heteroatoms. The van der Waals surface area contributed by atoms with Crippen LogP contribution in [-0.2, 0) is 0 Å². The van der Waals surface area contributed by atoms with E-state index in [0.29, 0.717) is 16.8 Å². The summed E-state index contributed by atoms with van der Waals surface area (Å²) in [4.78, 5) is 10.5. The molecule has 0 unspecified atom stereocenters. The number of benzene rings is 1. The lowest BCUT2D eigenvalue weighted by Gasteiger charge is -2.13. The van der Waals surface area contributed by atoms with Crippen LogP contribution in [0.4, 0.5) is 23.0 Å². The highest BCUT2D eigenvalue weighted by Crippen LogP contribution is 2.21. The van der Waals surface area contributed by atoms with Crippen molar-refractivity contribution in [2.45, 2.75) is 5.16 Å². The molecule has 0 atom stereocenters. The van der Waals surface area contributed by atoms with E-state index in [1.807, 2.05) is 44.6 Å². The summed E-state index contributed by atoms with van der Waals surface area (Å²) in [5.41, 5.74) is 7.86. The molecule has 0 radical (unpaired) electrons. The molecule has 2 aromatic rings. The summed E-state index contributed by atoms with van der Waals surface area (Å²) in [6.07, 6.45) is 1.92. The minimum absolute atomic E-state index is 0.465. The van der Waals surface area contributed by atoms with Gasteiger partial charge in [-0.25, -0.2) is 9.97 Å². The van der Waals surface area contributed by atoms with Crippen molar-refractivity contribution in [1.29, 1.82) is 0 Å². The van der Waals surface area contributed by atoms with Crippen molar-refractivity contribution < 1.29 is 0 Å². The van der Waals surface area contributed by atoms with E-state index in [1.54, 1.807) is 6.07 Å². The van der Waals surface area contributed by atoms with Gasteiger partial charge in [0.25, 0.3) is 0 Å². The first kappa shape index (κ1) is 13.5. The monoisotopic (exact) mass is 275 g/mol. The predicted molar refractivity (Wildman–Crippen MR) is 82.3 cm³/mol. The average molecular weight is 275 g/mol. The maximum absolute atomic E-state index is 5.74. The van der Waals surface area contributed by atoms with Crippen LogP contribution in [0.2, 0.25) is 0 Å². The third-order valence-electron chi connectivity index (χ3n) is 2.56. The first-order valence-electron chi connectivity index (χ1n) is 5.81. The largest absolute Gasteiger partial charge is 0.383 e. The van der Waals surface area contributed by atoms with Crippen LogP contribution in [0, 0.1) is 0 Å². The smallest absolute Gasteiger partial charge is 0.191 e. The zero-order valence-electron chi connectivity index (χ0n) is 11.2. The maximum Gasteiger partial charge on any atom is 0.191 e. The Balaban J connectivity index is 2.18. The van der Waals surface area contributed by atoms with Crippen LogP contribution in [-0.4, -0.2) is 30.3 Å². The van der Waals surface area contributed by atoms with E-state index in [2.05, 4.69) is 20.2 Å². The fraction of sp³-hybridized carbons (Fsp3) is 0.231. The predicted octanol–water partition coefficient (Wildman–Crippen LogP) is 2.59. The highest BCUT2D eigenvalue weighted by atomic mass is 32.2. The van der Waals surface area contributed by atoms with Gasteiger partial charge in [0.1, 0.15) is 11.6 Å². The summed E-state index contributed by atoms with van der Waals surface area (Å²) < 4.78 is 0. The van der Waals surface area contributed by atoms with Gasteiger partial charge in [0, 0.05) is 31.5 Å². The molecule has 0 spiro atoms. The molecule has 0 saturated heterocycles. The Labute approximate surface area is 117 Å². The number of hydrogen-bond acceptors (Lipinski definition) is 6. The molecule has 0 aliphatic heterocycles. The lowest BCUT2D eigenvalue weighted by Crippen LogP contribution is -2.08. The lowest BCUT2D eigenvalue weighted by atomic mass is 10.2. The second-order valence-corrected chi connectivity index (χ2v) is 5.00. The van der Waals surface area contributed by atoms with E-state index in [-0.39, 0.29) is 0 Å². The van der Waals surface area contributed by atoms with Crippen LogP contribution in [0.1, 0.15) is 0 Å². The number of nitrogens with one attached hydrogen (secondary N) is 1. The molecule has 1 heterocycles. The van der Waals surface area contributed by atoms with Gasteiger partial charge >= 0.3 is 0 Å². The Morgan fingerprint density at radius 3 is 2.42 bits per heavy atom. The zero-order valence-corrected chi connectivity index (χ0v) is 12.0. The highest BCUT2D eigenvalue weighted by molar-refractivity contribution is 7.98. The van der Waals surface area contributed by atoms with Crippen molar-refractivity contribution in [3.05, 3.63) is 30.3 Å². The van der Waals surface area contributed by atoms with E-state index >= 15 is 0 Å². The quantitative estimate of drug-likeness (QED) is 0.660. The van der Waals surface area contributed by atoms with Gasteiger partial charge in [0.15, 0.2) is 5.16 Å².